The second-order valence-corrected chi connectivity index (χ2v) is 9.20. The number of rotatable bonds is 7. The van der Waals surface area contributed by atoms with Crippen LogP contribution in [0.2, 0.25) is 0 Å². The lowest BCUT2D eigenvalue weighted by Gasteiger charge is -2.12. The highest BCUT2D eigenvalue weighted by molar-refractivity contribution is 8.00. The SMILES string of the molecule is CCc1ccc(-n2c(=O)c3sc(SC)nc3n(CC(=O)Nc3ccc(OC)cc3)c2=O)cc1. The minimum Gasteiger partial charge on any atom is -0.497 e. The number of carbonyl (C=O) groups is 1. The molecular weight excluding hydrogens is 460 g/mol. The lowest BCUT2D eigenvalue weighted by Crippen LogP contribution is -2.40. The van der Waals surface area contributed by atoms with E-state index in [2.05, 4.69) is 10.3 Å². The van der Waals surface area contributed by atoms with Gasteiger partial charge in [0, 0.05) is 5.69 Å². The van der Waals surface area contributed by atoms with E-state index in [1.165, 1.54) is 27.7 Å². The van der Waals surface area contributed by atoms with Crippen LogP contribution in [0.4, 0.5) is 5.69 Å². The van der Waals surface area contributed by atoms with E-state index in [-0.39, 0.29) is 12.2 Å². The van der Waals surface area contributed by atoms with Gasteiger partial charge in [-0.25, -0.2) is 14.3 Å². The summed E-state index contributed by atoms with van der Waals surface area (Å²) in [5.74, 6) is 0.257. The molecule has 4 rings (SSSR count). The Morgan fingerprint density at radius 2 is 1.82 bits per heavy atom. The number of hydrogen-bond donors (Lipinski definition) is 1. The molecule has 8 nitrogen and oxygen atoms in total. The van der Waals surface area contributed by atoms with Crippen LogP contribution in [-0.4, -0.2) is 33.4 Å². The Morgan fingerprint density at radius 3 is 2.42 bits per heavy atom. The maximum absolute atomic E-state index is 13.4. The number of thioether (sulfide) groups is 1. The summed E-state index contributed by atoms with van der Waals surface area (Å²) in [5.41, 5.74) is 1.27. The number of nitrogens with zero attached hydrogens (tertiary/aromatic N) is 3. The zero-order chi connectivity index (χ0) is 23.5. The quantitative estimate of drug-likeness (QED) is 0.405. The number of ether oxygens (including phenoxy) is 1. The topological polar surface area (TPSA) is 95.2 Å². The molecule has 0 aliphatic rings. The van der Waals surface area contributed by atoms with Crippen LogP contribution in [0.3, 0.4) is 0 Å². The summed E-state index contributed by atoms with van der Waals surface area (Å²) in [5, 5.41) is 2.77. The van der Waals surface area contributed by atoms with Gasteiger partial charge >= 0.3 is 5.69 Å². The first-order chi connectivity index (χ1) is 15.9. The maximum Gasteiger partial charge on any atom is 0.337 e. The number of hydrogen-bond acceptors (Lipinski definition) is 7. The number of thiazole rings is 1. The minimum atomic E-state index is -0.611. The molecule has 1 amide bonds. The smallest absolute Gasteiger partial charge is 0.337 e. The van der Waals surface area contributed by atoms with Crippen LogP contribution in [0.15, 0.2) is 62.5 Å². The van der Waals surface area contributed by atoms with E-state index in [9.17, 15) is 14.4 Å². The molecule has 170 valence electrons. The van der Waals surface area contributed by atoms with Crippen molar-refractivity contribution in [2.24, 2.45) is 0 Å². The van der Waals surface area contributed by atoms with Crippen molar-refractivity contribution in [1.82, 2.24) is 14.1 Å². The number of carbonyl (C=O) groups excluding carboxylic acids is 1. The zero-order valence-electron chi connectivity index (χ0n) is 18.3. The molecule has 0 unspecified atom stereocenters. The first-order valence-corrected chi connectivity index (χ1v) is 12.2. The van der Waals surface area contributed by atoms with Gasteiger partial charge in [-0.15, -0.1) is 11.3 Å². The number of methoxy groups -OCH3 is 1. The molecule has 0 aliphatic heterocycles. The summed E-state index contributed by atoms with van der Waals surface area (Å²) >= 11 is 2.59. The molecule has 0 spiro atoms. The molecule has 33 heavy (non-hydrogen) atoms. The Labute approximate surface area is 197 Å². The second-order valence-electron chi connectivity index (χ2n) is 7.14. The van der Waals surface area contributed by atoms with Crippen LogP contribution < -0.4 is 21.3 Å². The Balaban J connectivity index is 1.78. The van der Waals surface area contributed by atoms with Gasteiger partial charge in [0.1, 0.15) is 17.0 Å². The van der Waals surface area contributed by atoms with Gasteiger partial charge in [0.05, 0.1) is 12.8 Å². The Morgan fingerprint density at radius 1 is 1.12 bits per heavy atom. The molecule has 2 heterocycles. The maximum atomic E-state index is 13.4. The highest BCUT2D eigenvalue weighted by atomic mass is 32.2. The molecule has 10 heteroatoms. The fourth-order valence-electron chi connectivity index (χ4n) is 3.37. The normalized spacial score (nSPS) is 11.0. The zero-order valence-corrected chi connectivity index (χ0v) is 20.0. The number of anilines is 1. The average Bonchev–Trinajstić information content (AvgIpc) is 3.28. The van der Waals surface area contributed by atoms with Crippen LogP contribution in [-0.2, 0) is 17.8 Å². The fourth-order valence-corrected chi connectivity index (χ4v) is 4.87. The second kappa shape index (κ2) is 9.63. The van der Waals surface area contributed by atoms with E-state index in [1.54, 1.807) is 43.5 Å². The van der Waals surface area contributed by atoms with Gasteiger partial charge in [0.25, 0.3) is 5.56 Å². The van der Waals surface area contributed by atoms with E-state index in [0.29, 0.717) is 26.2 Å². The van der Waals surface area contributed by atoms with E-state index in [4.69, 9.17) is 4.74 Å². The predicted octanol–water partition coefficient (Wildman–Crippen LogP) is 3.54. The molecule has 0 aliphatic carbocycles. The average molecular weight is 483 g/mol. The fraction of sp³-hybridized carbons (Fsp3) is 0.217. The summed E-state index contributed by atoms with van der Waals surface area (Å²) in [6, 6.07) is 14.1. The van der Waals surface area contributed by atoms with E-state index < -0.39 is 17.2 Å². The molecule has 0 saturated carbocycles. The number of amides is 1. The summed E-state index contributed by atoms with van der Waals surface area (Å²) in [7, 11) is 1.56. The lowest BCUT2D eigenvalue weighted by molar-refractivity contribution is -0.116. The van der Waals surface area contributed by atoms with Crippen molar-refractivity contribution in [3.8, 4) is 11.4 Å². The first-order valence-electron chi connectivity index (χ1n) is 10.2. The standard InChI is InChI=1S/C23H22N4O4S2/c1-4-14-5-9-16(10-6-14)27-21(29)19-20(25-22(32-3)33-19)26(23(27)30)13-18(28)24-15-7-11-17(31-2)12-8-15/h5-12H,4,13H2,1-3H3,(H,24,28). The summed E-state index contributed by atoms with van der Waals surface area (Å²) in [4.78, 5) is 43.9. The number of fused-ring (bicyclic) bond motifs is 1. The van der Waals surface area contributed by atoms with E-state index in [1.807, 2.05) is 25.3 Å². The lowest BCUT2D eigenvalue weighted by atomic mass is 10.1. The highest BCUT2D eigenvalue weighted by Crippen LogP contribution is 2.25. The van der Waals surface area contributed by atoms with Crippen LogP contribution >= 0.6 is 23.1 Å². The van der Waals surface area contributed by atoms with Gasteiger partial charge in [-0.3, -0.25) is 14.2 Å². The van der Waals surface area contributed by atoms with Gasteiger partial charge in [0.15, 0.2) is 9.99 Å². The Hall–Kier alpha value is -3.37. The van der Waals surface area contributed by atoms with Gasteiger partial charge < -0.3 is 10.1 Å². The van der Waals surface area contributed by atoms with Crippen LogP contribution in [0.25, 0.3) is 16.0 Å². The van der Waals surface area contributed by atoms with Gasteiger partial charge in [-0.2, -0.15) is 0 Å². The Bertz CT molecular complexity index is 1420. The monoisotopic (exact) mass is 482 g/mol. The number of benzene rings is 2. The molecule has 2 aromatic heterocycles. The highest BCUT2D eigenvalue weighted by Gasteiger charge is 2.20. The van der Waals surface area contributed by atoms with Crippen molar-refractivity contribution in [3.05, 3.63) is 74.9 Å². The van der Waals surface area contributed by atoms with Crippen molar-refractivity contribution < 1.29 is 9.53 Å². The summed E-state index contributed by atoms with van der Waals surface area (Å²) in [6.07, 6.45) is 2.69. The third-order valence-corrected chi connectivity index (χ3v) is 7.14. The number of aromatic nitrogens is 3. The van der Waals surface area contributed by atoms with E-state index in [0.717, 1.165) is 16.6 Å². The van der Waals surface area contributed by atoms with Crippen molar-refractivity contribution in [2.75, 3.05) is 18.7 Å². The third kappa shape index (κ3) is 4.57. The van der Waals surface area contributed by atoms with Crippen molar-refractivity contribution in [3.63, 3.8) is 0 Å². The third-order valence-electron chi connectivity index (χ3n) is 5.12. The number of aryl methyl sites for hydroxylation is 1. The molecule has 4 aromatic rings. The molecular formula is C23H22N4O4S2. The molecule has 0 fully saturated rings. The largest absolute Gasteiger partial charge is 0.497 e. The van der Waals surface area contributed by atoms with Crippen molar-refractivity contribution in [1.29, 1.82) is 0 Å². The van der Waals surface area contributed by atoms with Crippen LogP contribution in [0, 0.1) is 0 Å². The summed E-state index contributed by atoms with van der Waals surface area (Å²) < 4.78 is 8.45. The number of nitrogens with one attached hydrogen (secondary N) is 1. The van der Waals surface area contributed by atoms with Crippen LogP contribution in [0.1, 0.15) is 12.5 Å². The molecule has 1 N–H and O–H groups in total. The molecule has 2 aromatic carbocycles. The van der Waals surface area contributed by atoms with Crippen molar-refractivity contribution >= 4 is 45.0 Å². The molecule has 0 bridgehead atoms. The predicted molar refractivity (Wildman–Crippen MR) is 132 cm³/mol. The minimum absolute atomic E-state index is 0.214. The van der Waals surface area contributed by atoms with Crippen molar-refractivity contribution in [2.45, 2.75) is 24.2 Å². The first kappa shape index (κ1) is 22.8. The molecule has 0 atom stereocenters. The van der Waals surface area contributed by atoms with E-state index >= 15 is 0 Å². The van der Waals surface area contributed by atoms with Gasteiger partial charge in [0.2, 0.25) is 5.91 Å². The van der Waals surface area contributed by atoms with Gasteiger partial charge in [-0.05, 0) is 54.6 Å². The molecule has 0 radical (unpaired) electrons. The van der Waals surface area contributed by atoms with Crippen LogP contribution in [0.5, 0.6) is 5.75 Å². The van der Waals surface area contributed by atoms with Gasteiger partial charge in [-0.1, -0.05) is 30.8 Å². The summed E-state index contributed by atoms with van der Waals surface area (Å²) in [6.45, 7) is 1.75. The molecule has 0 saturated heterocycles. The Kier molecular flexibility index (Phi) is 6.66.